The summed E-state index contributed by atoms with van der Waals surface area (Å²) in [4.78, 5) is 4.59. The Morgan fingerprint density at radius 3 is 3.00 bits per heavy atom. The lowest BCUT2D eigenvalue weighted by Crippen LogP contribution is -2.05. The number of benzene rings is 1. The van der Waals surface area contributed by atoms with E-state index >= 15 is 0 Å². The third-order valence-electron chi connectivity index (χ3n) is 2.75. The molecule has 0 radical (unpaired) electrons. The molecule has 4 nitrogen and oxygen atoms in total. The van der Waals surface area contributed by atoms with Crippen LogP contribution in [0.5, 0.6) is 11.5 Å². The predicted molar refractivity (Wildman–Crippen MR) is 60.6 cm³/mol. The molecule has 1 aromatic rings. The molecule has 0 saturated heterocycles. The predicted octanol–water partition coefficient (Wildman–Crippen LogP) is 1.45. The first-order valence-electron chi connectivity index (χ1n) is 5.42. The van der Waals surface area contributed by atoms with Crippen LogP contribution in [0.15, 0.2) is 12.1 Å². The first-order chi connectivity index (χ1) is 7.74. The fraction of sp³-hybridized carbons (Fsp3) is 0.500. The third-order valence-corrected chi connectivity index (χ3v) is 2.75. The summed E-state index contributed by atoms with van der Waals surface area (Å²) in [6, 6.07) is 4.12. The van der Waals surface area contributed by atoms with Crippen molar-refractivity contribution in [3.8, 4) is 11.5 Å². The maximum Gasteiger partial charge on any atom is 0.164 e. The molecule has 1 unspecified atom stereocenters. The first kappa shape index (κ1) is 11.2. The van der Waals surface area contributed by atoms with E-state index < -0.39 is 0 Å². The Hall–Kier alpha value is -1.26. The molecule has 2 N–H and O–H groups in total. The summed E-state index contributed by atoms with van der Waals surface area (Å²) in [6.07, 6.45) is 1.95. The van der Waals surface area contributed by atoms with E-state index in [1.54, 1.807) is 7.11 Å². The fourth-order valence-electron chi connectivity index (χ4n) is 2.03. The maximum absolute atomic E-state index is 5.71. The molecule has 1 aliphatic rings. The van der Waals surface area contributed by atoms with Gasteiger partial charge in [-0.05, 0) is 25.0 Å². The average molecular weight is 223 g/mol. The Morgan fingerprint density at radius 2 is 2.31 bits per heavy atom. The van der Waals surface area contributed by atoms with Gasteiger partial charge in [-0.15, -0.1) is 0 Å². The number of hydrogen-bond donors (Lipinski definition) is 1. The van der Waals surface area contributed by atoms with E-state index in [-0.39, 0.29) is 6.10 Å². The van der Waals surface area contributed by atoms with Crippen LogP contribution in [-0.2, 0) is 17.7 Å². The molecule has 0 saturated carbocycles. The van der Waals surface area contributed by atoms with Crippen LogP contribution in [0.25, 0.3) is 0 Å². The summed E-state index contributed by atoms with van der Waals surface area (Å²) in [7, 11) is 1.66. The molecular weight excluding hydrogens is 206 g/mol. The minimum absolute atomic E-state index is 0.227. The minimum atomic E-state index is 0.227. The lowest BCUT2D eigenvalue weighted by Gasteiger charge is -2.10. The smallest absolute Gasteiger partial charge is 0.164 e. The summed E-state index contributed by atoms with van der Waals surface area (Å²) < 4.78 is 11.0. The lowest BCUT2D eigenvalue weighted by atomic mass is 10.0. The van der Waals surface area contributed by atoms with Crippen LogP contribution in [0, 0.1) is 0 Å². The highest BCUT2D eigenvalue weighted by Crippen LogP contribution is 2.38. The highest BCUT2D eigenvalue weighted by Gasteiger charge is 2.23. The average Bonchev–Trinajstić information content (AvgIpc) is 2.65. The number of rotatable bonds is 4. The maximum atomic E-state index is 5.71. The molecule has 0 spiro atoms. The molecule has 88 valence electrons. The monoisotopic (exact) mass is 223 g/mol. The van der Waals surface area contributed by atoms with Gasteiger partial charge in [-0.3, -0.25) is 0 Å². The first-order valence-corrected chi connectivity index (χ1v) is 5.42. The van der Waals surface area contributed by atoms with Crippen molar-refractivity contribution in [3.05, 3.63) is 23.3 Å². The zero-order valence-corrected chi connectivity index (χ0v) is 9.66. The van der Waals surface area contributed by atoms with Crippen molar-refractivity contribution in [2.24, 2.45) is 5.90 Å². The van der Waals surface area contributed by atoms with E-state index in [4.69, 9.17) is 15.4 Å². The van der Waals surface area contributed by atoms with Crippen LogP contribution in [-0.4, -0.2) is 19.8 Å². The van der Waals surface area contributed by atoms with Gasteiger partial charge in [0.15, 0.2) is 11.5 Å². The molecule has 0 aromatic heterocycles. The van der Waals surface area contributed by atoms with E-state index in [1.165, 1.54) is 11.1 Å². The van der Waals surface area contributed by atoms with Crippen LogP contribution < -0.4 is 15.4 Å². The summed E-state index contributed by atoms with van der Waals surface area (Å²) in [5, 5.41) is 0. The van der Waals surface area contributed by atoms with E-state index in [2.05, 4.69) is 17.8 Å². The summed E-state index contributed by atoms with van der Waals surface area (Å²) in [5.41, 5.74) is 2.37. The van der Waals surface area contributed by atoms with Crippen molar-refractivity contribution >= 4 is 0 Å². The van der Waals surface area contributed by atoms with Crippen molar-refractivity contribution in [2.45, 2.75) is 25.9 Å². The van der Waals surface area contributed by atoms with E-state index in [0.29, 0.717) is 6.61 Å². The minimum Gasteiger partial charge on any atom is -0.493 e. The Kier molecular flexibility index (Phi) is 3.31. The van der Waals surface area contributed by atoms with E-state index in [1.807, 2.05) is 6.07 Å². The Labute approximate surface area is 95.2 Å². The summed E-state index contributed by atoms with van der Waals surface area (Å²) >= 11 is 0. The molecule has 0 fully saturated rings. The van der Waals surface area contributed by atoms with Crippen LogP contribution in [0.4, 0.5) is 0 Å². The van der Waals surface area contributed by atoms with Gasteiger partial charge in [0.1, 0.15) is 6.10 Å². The summed E-state index contributed by atoms with van der Waals surface area (Å²) in [6.45, 7) is 2.57. The lowest BCUT2D eigenvalue weighted by molar-refractivity contribution is 0.141. The van der Waals surface area contributed by atoms with Crippen LogP contribution >= 0.6 is 0 Å². The molecule has 16 heavy (non-hydrogen) atoms. The van der Waals surface area contributed by atoms with Crippen molar-refractivity contribution in [3.63, 3.8) is 0 Å². The van der Waals surface area contributed by atoms with Gasteiger partial charge in [0.25, 0.3) is 0 Å². The third kappa shape index (κ3) is 2.13. The van der Waals surface area contributed by atoms with Gasteiger partial charge in [-0.25, -0.2) is 5.90 Å². The molecule has 1 aliphatic heterocycles. The van der Waals surface area contributed by atoms with Crippen LogP contribution in [0.1, 0.15) is 18.1 Å². The topological polar surface area (TPSA) is 53.7 Å². The van der Waals surface area contributed by atoms with Gasteiger partial charge >= 0.3 is 0 Å². The van der Waals surface area contributed by atoms with Gasteiger partial charge in [0.2, 0.25) is 0 Å². The zero-order valence-electron chi connectivity index (χ0n) is 9.66. The summed E-state index contributed by atoms with van der Waals surface area (Å²) in [5.74, 6) is 6.71. The molecular formula is C12H17NO3. The standard InChI is InChI=1S/C12H17NO3/c1-8-5-10-6-9(3-4-15-13)7-11(14-2)12(10)16-8/h6-8H,3-5,13H2,1-2H3. The van der Waals surface area contributed by atoms with Crippen molar-refractivity contribution in [1.29, 1.82) is 0 Å². The van der Waals surface area contributed by atoms with E-state index in [0.717, 1.165) is 24.3 Å². The van der Waals surface area contributed by atoms with Crippen molar-refractivity contribution in [2.75, 3.05) is 13.7 Å². The Morgan fingerprint density at radius 1 is 1.50 bits per heavy atom. The number of methoxy groups -OCH3 is 1. The second kappa shape index (κ2) is 4.72. The number of nitrogens with two attached hydrogens (primary N) is 1. The molecule has 1 heterocycles. The quantitative estimate of drug-likeness (QED) is 0.785. The SMILES string of the molecule is COc1cc(CCON)cc2c1OC(C)C2. The number of fused-ring (bicyclic) bond motifs is 1. The molecule has 0 amide bonds. The molecule has 2 rings (SSSR count). The largest absolute Gasteiger partial charge is 0.493 e. The highest BCUT2D eigenvalue weighted by molar-refractivity contribution is 5.52. The van der Waals surface area contributed by atoms with Gasteiger partial charge in [0.05, 0.1) is 13.7 Å². The van der Waals surface area contributed by atoms with Gasteiger partial charge in [-0.2, -0.15) is 0 Å². The molecule has 1 atom stereocenters. The number of ether oxygens (including phenoxy) is 2. The zero-order chi connectivity index (χ0) is 11.5. The normalized spacial score (nSPS) is 18.1. The van der Waals surface area contributed by atoms with Gasteiger partial charge in [-0.1, -0.05) is 6.07 Å². The second-order valence-corrected chi connectivity index (χ2v) is 4.04. The van der Waals surface area contributed by atoms with Crippen molar-refractivity contribution < 1.29 is 14.3 Å². The van der Waals surface area contributed by atoms with Gasteiger partial charge in [0, 0.05) is 12.0 Å². The Balaban J connectivity index is 2.28. The molecule has 4 heteroatoms. The highest BCUT2D eigenvalue weighted by atomic mass is 16.6. The number of hydrogen-bond acceptors (Lipinski definition) is 4. The van der Waals surface area contributed by atoms with E-state index in [9.17, 15) is 0 Å². The van der Waals surface area contributed by atoms with Crippen LogP contribution in [0.3, 0.4) is 0 Å². The molecule has 1 aromatic carbocycles. The van der Waals surface area contributed by atoms with Gasteiger partial charge < -0.3 is 14.3 Å². The Bertz CT molecular complexity index is 379. The molecule has 0 aliphatic carbocycles. The molecule has 0 bridgehead atoms. The second-order valence-electron chi connectivity index (χ2n) is 4.04. The van der Waals surface area contributed by atoms with Crippen molar-refractivity contribution in [1.82, 2.24) is 0 Å². The fourth-order valence-corrected chi connectivity index (χ4v) is 2.03. The van der Waals surface area contributed by atoms with Crippen LogP contribution in [0.2, 0.25) is 0 Å².